The van der Waals surface area contributed by atoms with Gasteiger partial charge in [0.15, 0.2) is 0 Å². The maximum Gasteiger partial charge on any atom is 0.118 e. The van der Waals surface area contributed by atoms with Crippen LogP contribution in [-0.4, -0.2) is 29.2 Å². The zero-order valence-corrected chi connectivity index (χ0v) is 20.2. The fourth-order valence-corrected chi connectivity index (χ4v) is 4.41. The minimum atomic E-state index is 0.696. The van der Waals surface area contributed by atoms with Crippen LogP contribution in [0.25, 0.3) is 22.0 Å². The highest BCUT2D eigenvalue weighted by Crippen LogP contribution is 2.34. The van der Waals surface area contributed by atoms with Gasteiger partial charge >= 0.3 is 0 Å². The lowest BCUT2D eigenvalue weighted by atomic mass is 9.92. The Bertz CT molecular complexity index is 1460. The number of benzene rings is 2. The van der Waals surface area contributed by atoms with Crippen molar-refractivity contribution >= 4 is 10.8 Å². The van der Waals surface area contributed by atoms with Crippen LogP contribution in [-0.2, 0) is 12.8 Å². The molecule has 3 heterocycles. The molecule has 0 bridgehead atoms. The van der Waals surface area contributed by atoms with Crippen molar-refractivity contribution in [2.45, 2.75) is 19.8 Å². The molecule has 0 aliphatic rings. The number of hydrogen-bond donors (Lipinski definition) is 0. The van der Waals surface area contributed by atoms with Crippen molar-refractivity contribution < 1.29 is 9.47 Å². The van der Waals surface area contributed by atoms with Crippen LogP contribution in [0.3, 0.4) is 0 Å². The highest BCUT2D eigenvalue weighted by atomic mass is 16.5. The first-order valence-electron chi connectivity index (χ1n) is 11.6. The summed E-state index contributed by atoms with van der Waals surface area (Å²) >= 11 is 0. The van der Waals surface area contributed by atoms with E-state index in [1.807, 2.05) is 55.1 Å². The van der Waals surface area contributed by atoms with Gasteiger partial charge in [0.2, 0.25) is 0 Å². The zero-order chi connectivity index (χ0) is 24.2. The molecule has 5 nitrogen and oxygen atoms in total. The van der Waals surface area contributed by atoms with E-state index in [0.29, 0.717) is 6.42 Å². The molecule has 0 unspecified atom stereocenters. The second-order valence-corrected chi connectivity index (χ2v) is 8.55. The molecule has 2 aromatic carbocycles. The Labute approximate surface area is 205 Å². The van der Waals surface area contributed by atoms with E-state index < -0.39 is 0 Å². The minimum absolute atomic E-state index is 0.696. The summed E-state index contributed by atoms with van der Waals surface area (Å²) in [6, 6.07) is 20.5. The zero-order valence-electron chi connectivity index (χ0n) is 20.2. The Balaban J connectivity index is 1.69. The highest BCUT2D eigenvalue weighted by Gasteiger charge is 2.18. The molecular weight excluding hydrogens is 434 g/mol. The van der Waals surface area contributed by atoms with Crippen LogP contribution in [0.15, 0.2) is 85.5 Å². The third-order valence-electron chi connectivity index (χ3n) is 6.35. The summed E-state index contributed by atoms with van der Waals surface area (Å²) < 4.78 is 10.7. The normalized spacial score (nSPS) is 10.9. The van der Waals surface area contributed by atoms with Gasteiger partial charge < -0.3 is 9.47 Å². The quantitative estimate of drug-likeness (QED) is 0.289. The Morgan fingerprint density at radius 1 is 0.657 bits per heavy atom. The smallest absolute Gasteiger partial charge is 0.118 e. The van der Waals surface area contributed by atoms with Gasteiger partial charge in [0.25, 0.3) is 0 Å². The summed E-state index contributed by atoms with van der Waals surface area (Å²) in [6.07, 6.45) is 8.96. The van der Waals surface area contributed by atoms with Crippen LogP contribution in [0.5, 0.6) is 11.5 Å². The van der Waals surface area contributed by atoms with E-state index in [2.05, 4.69) is 47.2 Å². The number of ether oxygens (including phenoxy) is 2. The van der Waals surface area contributed by atoms with Gasteiger partial charge in [-0.25, -0.2) is 0 Å². The predicted molar refractivity (Wildman–Crippen MR) is 139 cm³/mol. The highest BCUT2D eigenvalue weighted by molar-refractivity contribution is 5.92. The lowest BCUT2D eigenvalue weighted by molar-refractivity contribution is 0.414. The summed E-state index contributed by atoms with van der Waals surface area (Å²) in [4.78, 5) is 14.1. The molecule has 5 heteroatoms. The fraction of sp³-hybridized carbons (Fsp3) is 0.167. The fourth-order valence-electron chi connectivity index (χ4n) is 4.41. The molecule has 5 rings (SSSR count). The summed E-state index contributed by atoms with van der Waals surface area (Å²) in [5, 5.41) is 2.23. The van der Waals surface area contributed by atoms with Crippen LogP contribution >= 0.6 is 0 Å². The molecule has 0 radical (unpaired) electrons. The molecule has 0 saturated heterocycles. The number of aryl methyl sites for hydroxylation is 1. The van der Waals surface area contributed by atoms with Crippen molar-refractivity contribution in [3.8, 4) is 22.8 Å². The van der Waals surface area contributed by atoms with Crippen molar-refractivity contribution in [3.05, 3.63) is 113 Å². The number of rotatable bonds is 7. The average Bonchev–Trinajstić information content (AvgIpc) is 2.91. The predicted octanol–water partition coefficient (Wildman–Crippen LogP) is 6.20. The molecule has 5 aromatic rings. The van der Waals surface area contributed by atoms with Gasteiger partial charge in [0.05, 0.1) is 25.6 Å². The monoisotopic (exact) mass is 461 g/mol. The molecule has 0 aliphatic carbocycles. The number of aromatic nitrogens is 3. The van der Waals surface area contributed by atoms with Crippen molar-refractivity contribution in [3.63, 3.8) is 0 Å². The average molecular weight is 462 g/mol. The summed E-state index contributed by atoms with van der Waals surface area (Å²) in [6.45, 7) is 2.11. The van der Waals surface area contributed by atoms with Crippen LogP contribution in [0.2, 0.25) is 0 Å². The van der Waals surface area contributed by atoms with Crippen molar-refractivity contribution in [2.24, 2.45) is 0 Å². The van der Waals surface area contributed by atoms with Crippen LogP contribution < -0.4 is 9.47 Å². The van der Waals surface area contributed by atoms with Crippen molar-refractivity contribution in [1.29, 1.82) is 0 Å². The molecular formula is C30H27N3O2. The largest absolute Gasteiger partial charge is 0.497 e. The van der Waals surface area contributed by atoms with Gasteiger partial charge in [-0.2, -0.15) is 0 Å². The topological polar surface area (TPSA) is 57.1 Å². The molecule has 0 fully saturated rings. The lowest BCUT2D eigenvalue weighted by Gasteiger charge is -2.17. The molecule has 0 amide bonds. The van der Waals surface area contributed by atoms with E-state index in [0.717, 1.165) is 51.2 Å². The van der Waals surface area contributed by atoms with E-state index in [9.17, 15) is 0 Å². The van der Waals surface area contributed by atoms with Crippen LogP contribution in [0.1, 0.15) is 27.9 Å². The van der Waals surface area contributed by atoms with Gasteiger partial charge in [-0.05, 0) is 71.0 Å². The maximum atomic E-state index is 5.35. The molecule has 0 atom stereocenters. The van der Waals surface area contributed by atoms with Gasteiger partial charge in [-0.1, -0.05) is 24.3 Å². The molecule has 0 N–H and O–H groups in total. The van der Waals surface area contributed by atoms with E-state index in [1.54, 1.807) is 14.2 Å². The van der Waals surface area contributed by atoms with Gasteiger partial charge in [-0.3, -0.25) is 15.0 Å². The second kappa shape index (κ2) is 9.94. The number of pyridine rings is 3. The Kier molecular flexibility index (Phi) is 6.40. The van der Waals surface area contributed by atoms with Crippen molar-refractivity contribution in [1.82, 2.24) is 15.0 Å². The minimum Gasteiger partial charge on any atom is -0.497 e. The number of hydrogen-bond acceptors (Lipinski definition) is 5. The number of fused-ring (bicyclic) bond motifs is 1. The molecule has 0 aliphatic heterocycles. The summed E-state index contributed by atoms with van der Waals surface area (Å²) in [5.74, 6) is 1.69. The molecule has 174 valence electrons. The second-order valence-electron chi connectivity index (χ2n) is 8.55. The lowest BCUT2D eigenvalue weighted by Crippen LogP contribution is -2.04. The first kappa shape index (κ1) is 22.5. The van der Waals surface area contributed by atoms with E-state index in [4.69, 9.17) is 14.5 Å². The van der Waals surface area contributed by atoms with E-state index in [1.165, 1.54) is 16.7 Å². The Hall–Kier alpha value is -4.25. The van der Waals surface area contributed by atoms with Crippen LogP contribution in [0, 0.1) is 6.92 Å². The molecule has 0 spiro atoms. The number of methoxy groups -OCH3 is 2. The standard InChI is InChI=1S/C30H27N3O2/c1-20-12-14-31-18-27(20)30-26(16-21-4-8-23(34-2)9-5-21)25-13-15-32-19-28(25)29(33-30)17-22-6-10-24(35-3)11-7-22/h4-15,18-19H,16-17H2,1-3H3. The van der Waals surface area contributed by atoms with Gasteiger partial charge in [0.1, 0.15) is 11.5 Å². The Morgan fingerprint density at radius 3 is 1.89 bits per heavy atom. The molecule has 0 saturated carbocycles. The van der Waals surface area contributed by atoms with Crippen LogP contribution in [0.4, 0.5) is 0 Å². The summed E-state index contributed by atoms with van der Waals surface area (Å²) in [5.41, 5.74) is 7.68. The van der Waals surface area contributed by atoms with E-state index in [-0.39, 0.29) is 0 Å². The number of nitrogens with zero attached hydrogens (tertiary/aromatic N) is 3. The molecule has 3 aromatic heterocycles. The summed E-state index contributed by atoms with van der Waals surface area (Å²) in [7, 11) is 3.37. The maximum absolute atomic E-state index is 5.35. The third kappa shape index (κ3) is 4.71. The van der Waals surface area contributed by atoms with Gasteiger partial charge in [0, 0.05) is 48.6 Å². The van der Waals surface area contributed by atoms with Crippen molar-refractivity contribution in [2.75, 3.05) is 14.2 Å². The first-order chi connectivity index (χ1) is 17.2. The first-order valence-corrected chi connectivity index (χ1v) is 11.6. The third-order valence-corrected chi connectivity index (χ3v) is 6.35. The van der Waals surface area contributed by atoms with Gasteiger partial charge in [-0.15, -0.1) is 0 Å². The Morgan fingerprint density at radius 2 is 1.26 bits per heavy atom. The van der Waals surface area contributed by atoms with E-state index >= 15 is 0 Å². The SMILES string of the molecule is COc1ccc(Cc2nc(-c3cnccc3C)c(Cc3ccc(OC)cc3)c3ccncc23)cc1. The molecule has 35 heavy (non-hydrogen) atoms.